The highest BCUT2D eigenvalue weighted by molar-refractivity contribution is 7.98. The van der Waals surface area contributed by atoms with Crippen LogP contribution >= 0.6 is 11.8 Å². The molecule has 0 aliphatic carbocycles. The highest BCUT2D eigenvalue weighted by atomic mass is 32.2. The van der Waals surface area contributed by atoms with Crippen molar-refractivity contribution in [3.05, 3.63) is 65.5 Å². The molecule has 2 aromatic carbocycles. The second kappa shape index (κ2) is 12.1. The summed E-state index contributed by atoms with van der Waals surface area (Å²) in [6, 6.07) is 15.9. The first-order chi connectivity index (χ1) is 16.0. The number of carbonyl (C=O) groups excluding carboxylic acids is 2. The Morgan fingerprint density at radius 1 is 1.09 bits per heavy atom. The maximum atomic E-state index is 12.2. The van der Waals surface area contributed by atoms with Crippen LogP contribution in [0.4, 0.5) is 0 Å². The zero-order chi connectivity index (χ0) is 23.6. The van der Waals surface area contributed by atoms with Gasteiger partial charge in [-0.3, -0.25) is 14.2 Å². The van der Waals surface area contributed by atoms with Crippen LogP contribution in [0.15, 0.2) is 53.7 Å². The van der Waals surface area contributed by atoms with Gasteiger partial charge in [0.05, 0.1) is 26.7 Å². The predicted molar refractivity (Wildman–Crippen MR) is 126 cm³/mol. The molecule has 0 atom stereocenters. The molecule has 0 unspecified atom stereocenters. The highest BCUT2D eigenvalue weighted by Crippen LogP contribution is 2.26. The molecule has 0 spiro atoms. The minimum atomic E-state index is -0.383. The fourth-order valence-corrected chi connectivity index (χ4v) is 4.00. The Morgan fingerprint density at radius 3 is 2.61 bits per heavy atom. The fraction of sp³-hybridized carbons (Fsp3) is 0.333. The van der Waals surface area contributed by atoms with E-state index in [0.29, 0.717) is 18.2 Å². The summed E-state index contributed by atoms with van der Waals surface area (Å²) in [4.78, 5) is 23.7. The van der Waals surface area contributed by atoms with Gasteiger partial charge in [0.25, 0.3) is 0 Å². The predicted octanol–water partition coefficient (Wildman–Crippen LogP) is 3.84. The lowest BCUT2D eigenvalue weighted by Gasteiger charge is -2.12. The van der Waals surface area contributed by atoms with Crippen LogP contribution in [0.25, 0.3) is 5.69 Å². The first kappa shape index (κ1) is 24.3. The minimum absolute atomic E-state index is 0.0476. The van der Waals surface area contributed by atoms with E-state index in [4.69, 9.17) is 9.47 Å². The molecule has 0 bridgehead atoms. The standard InChI is InChI=1S/C24H28N4O4S/c1-4-32-23(30)13-12-22(29)25-15-21-26-27-24(28(21)19-10-8-17(2)9-11-19)33-16-18-6-5-7-20(14-18)31-3/h5-11,14H,4,12-13,15-16H2,1-3H3,(H,25,29). The van der Waals surface area contributed by atoms with Crippen molar-refractivity contribution in [1.82, 2.24) is 20.1 Å². The lowest BCUT2D eigenvalue weighted by atomic mass is 10.2. The summed E-state index contributed by atoms with van der Waals surface area (Å²) in [5, 5.41) is 12.2. The van der Waals surface area contributed by atoms with Gasteiger partial charge in [-0.25, -0.2) is 0 Å². The Hall–Kier alpha value is -3.33. The first-order valence-electron chi connectivity index (χ1n) is 10.7. The zero-order valence-electron chi connectivity index (χ0n) is 19.0. The number of aromatic nitrogens is 3. The molecule has 1 aromatic heterocycles. The molecular weight excluding hydrogens is 440 g/mol. The molecule has 8 nitrogen and oxygen atoms in total. The van der Waals surface area contributed by atoms with Crippen molar-refractivity contribution < 1.29 is 19.1 Å². The van der Waals surface area contributed by atoms with Crippen LogP contribution in [0.1, 0.15) is 36.7 Å². The fourth-order valence-electron chi connectivity index (χ4n) is 3.09. The number of nitrogens with zero attached hydrogens (tertiary/aromatic N) is 3. The number of rotatable bonds is 11. The van der Waals surface area contributed by atoms with Crippen molar-refractivity contribution in [3.63, 3.8) is 0 Å². The maximum Gasteiger partial charge on any atom is 0.306 e. The molecule has 1 N–H and O–H groups in total. The van der Waals surface area contributed by atoms with Crippen LogP contribution < -0.4 is 10.1 Å². The van der Waals surface area contributed by atoms with Gasteiger partial charge in [0.15, 0.2) is 11.0 Å². The molecule has 174 valence electrons. The van der Waals surface area contributed by atoms with E-state index in [1.165, 1.54) is 0 Å². The first-order valence-corrected chi connectivity index (χ1v) is 11.7. The molecule has 1 amide bonds. The number of thioether (sulfide) groups is 1. The molecule has 3 rings (SSSR count). The van der Waals surface area contributed by atoms with Crippen LogP contribution in [-0.2, 0) is 26.6 Å². The third-order valence-corrected chi connectivity index (χ3v) is 5.80. The minimum Gasteiger partial charge on any atom is -0.497 e. The van der Waals surface area contributed by atoms with Crippen molar-refractivity contribution in [2.24, 2.45) is 0 Å². The number of hydrogen-bond acceptors (Lipinski definition) is 7. The largest absolute Gasteiger partial charge is 0.497 e. The van der Waals surface area contributed by atoms with Gasteiger partial charge in [-0.2, -0.15) is 0 Å². The van der Waals surface area contributed by atoms with Crippen molar-refractivity contribution >= 4 is 23.6 Å². The quantitative estimate of drug-likeness (QED) is 0.337. The van der Waals surface area contributed by atoms with E-state index < -0.39 is 0 Å². The number of carbonyl (C=O) groups is 2. The molecule has 0 saturated heterocycles. The number of methoxy groups -OCH3 is 1. The zero-order valence-corrected chi connectivity index (χ0v) is 19.9. The average molecular weight is 469 g/mol. The summed E-state index contributed by atoms with van der Waals surface area (Å²) in [5.74, 6) is 1.47. The van der Waals surface area contributed by atoms with Crippen molar-refractivity contribution in [1.29, 1.82) is 0 Å². The van der Waals surface area contributed by atoms with Gasteiger partial charge in [0, 0.05) is 17.9 Å². The van der Waals surface area contributed by atoms with Crippen molar-refractivity contribution in [3.8, 4) is 11.4 Å². The smallest absolute Gasteiger partial charge is 0.306 e. The topological polar surface area (TPSA) is 95.3 Å². The molecule has 0 radical (unpaired) electrons. The van der Waals surface area contributed by atoms with Gasteiger partial charge in [0.1, 0.15) is 5.75 Å². The van der Waals surface area contributed by atoms with Gasteiger partial charge in [-0.1, -0.05) is 41.6 Å². The molecule has 0 fully saturated rings. The Balaban J connectivity index is 1.73. The number of amides is 1. The number of nitrogens with one attached hydrogen (secondary N) is 1. The van der Waals surface area contributed by atoms with Crippen LogP contribution in [0, 0.1) is 6.92 Å². The van der Waals surface area contributed by atoms with E-state index in [9.17, 15) is 9.59 Å². The molecular formula is C24H28N4O4S. The van der Waals surface area contributed by atoms with Crippen LogP contribution in [-0.4, -0.2) is 40.4 Å². The lowest BCUT2D eigenvalue weighted by Crippen LogP contribution is -2.25. The van der Waals surface area contributed by atoms with Crippen molar-refractivity contribution in [2.45, 2.75) is 44.1 Å². The number of hydrogen-bond donors (Lipinski definition) is 1. The summed E-state index contributed by atoms with van der Waals surface area (Å²) < 4.78 is 12.1. The number of esters is 1. The molecule has 1 heterocycles. The summed E-state index contributed by atoms with van der Waals surface area (Å²) >= 11 is 1.55. The summed E-state index contributed by atoms with van der Waals surface area (Å²) in [7, 11) is 1.65. The Labute approximate surface area is 197 Å². The average Bonchev–Trinajstić information content (AvgIpc) is 3.23. The lowest BCUT2D eigenvalue weighted by molar-refractivity contribution is -0.144. The Bertz CT molecular complexity index is 1080. The Morgan fingerprint density at radius 2 is 1.88 bits per heavy atom. The molecule has 0 aliphatic heterocycles. The second-order valence-electron chi connectivity index (χ2n) is 7.29. The second-order valence-corrected chi connectivity index (χ2v) is 8.23. The van der Waals surface area contributed by atoms with Crippen molar-refractivity contribution in [2.75, 3.05) is 13.7 Å². The maximum absolute atomic E-state index is 12.2. The number of aryl methyl sites for hydroxylation is 1. The third kappa shape index (κ3) is 7.08. The van der Waals surface area contributed by atoms with Gasteiger partial charge in [-0.15, -0.1) is 10.2 Å². The van der Waals surface area contributed by atoms with E-state index in [0.717, 1.165) is 27.7 Å². The normalized spacial score (nSPS) is 10.6. The highest BCUT2D eigenvalue weighted by Gasteiger charge is 2.16. The van der Waals surface area contributed by atoms with Crippen LogP contribution in [0.5, 0.6) is 5.75 Å². The molecule has 0 saturated carbocycles. The number of ether oxygens (including phenoxy) is 2. The summed E-state index contributed by atoms with van der Waals surface area (Å²) in [6.45, 7) is 4.26. The van der Waals surface area contributed by atoms with Crippen LogP contribution in [0.3, 0.4) is 0 Å². The molecule has 9 heteroatoms. The van der Waals surface area contributed by atoms with Crippen LogP contribution in [0.2, 0.25) is 0 Å². The van der Waals surface area contributed by atoms with Gasteiger partial charge in [0.2, 0.25) is 5.91 Å². The van der Waals surface area contributed by atoms with E-state index in [2.05, 4.69) is 15.5 Å². The third-order valence-electron chi connectivity index (χ3n) is 4.80. The SMILES string of the molecule is CCOC(=O)CCC(=O)NCc1nnc(SCc2cccc(OC)c2)n1-c1ccc(C)cc1. The molecule has 3 aromatic rings. The molecule has 0 aliphatic rings. The molecule has 33 heavy (non-hydrogen) atoms. The number of benzene rings is 2. The van der Waals surface area contributed by atoms with E-state index in [-0.39, 0.29) is 31.3 Å². The van der Waals surface area contributed by atoms with E-state index >= 15 is 0 Å². The summed E-state index contributed by atoms with van der Waals surface area (Å²) in [5.41, 5.74) is 3.16. The van der Waals surface area contributed by atoms with Gasteiger partial charge in [-0.05, 0) is 43.7 Å². The Kier molecular flexibility index (Phi) is 8.88. The summed E-state index contributed by atoms with van der Waals surface area (Å²) in [6.07, 6.45) is 0.112. The van der Waals surface area contributed by atoms with E-state index in [1.807, 2.05) is 60.0 Å². The van der Waals surface area contributed by atoms with Gasteiger partial charge < -0.3 is 14.8 Å². The monoisotopic (exact) mass is 468 g/mol. The van der Waals surface area contributed by atoms with E-state index in [1.54, 1.807) is 25.8 Å². The van der Waals surface area contributed by atoms with Gasteiger partial charge >= 0.3 is 5.97 Å².